The average molecular weight is 1000 g/mol. The molecular formula is C55H68Cl2N10O4. The summed E-state index contributed by atoms with van der Waals surface area (Å²) >= 11 is 0. The molecule has 2 aromatic carbocycles. The van der Waals surface area contributed by atoms with Gasteiger partial charge in [0, 0.05) is 72.2 Å². The Morgan fingerprint density at radius 3 is 1.51 bits per heavy atom. The van der Waals surface area contributed by atoms with Gasteiger partial charge in [-0.15, -0.1) is 24.8 Å². The predicted molar refractivity (Wildman–Crippen MR) is 282 cm³/mol. The molecule has 4 fully saturated rings. The molecule has 4 aliphatic rings. The lowest BCUT2D eigenvalue weighted by Gasteiger charge is -2.33. The molecule has 3 amide bonds. The van der Waals surface area contributed by atoms with Crippen LogP contribution in [-0.2, 0) is 17.6 Å². The Labute approximate surface area is 430 Å². The van der Waals surface area contributed by atoms with Crippen LogP contribution in [0.3, 0.4) is 0 Å². The topological polar surface area (TPSA) is 161 Å². The molecule has 2 saturated carbocycles. The monoisotopic (exact) mass is 1000 g/mol. The number of pyridine rings is 2. The highest BCUT2D eigenvalue weighted by Gasteiger charge is 2.28. The number of nitrogens with zero attached hydrogens (tertiary/aromatic N) is 7. The van der Waals surface area contributed by atoms with Gasteiger partial charge < -0.3 is 25.6 Å². The number of carbonyl (C=O) groups excluding carboxylic acids is 3. The quantitative estimate of drug-likeness (QED) is 0.108. The number of ether oxygens (including phenoxy) is 1. The van der Waals surface area contributed by atoms with Gasteiger partial charge >= 0.3 is 6.09 Å². The van der Waals surface area contributed by atoms with Gasteiger partial charge in [-0.25, -0.2) is 14.2 Å². The number of piperidine rings is 2. The summed E-state index contributed by atoms with van der Waals surface area (Å²) in [7, 11) is 0. The van der Waals surface area contributed by atoms with Crippen LogP contribution in [0, 0.1) is 25.7 Å². The maximum absolute atomic E-state index is 12.6. The highest BCUT2D eigenvalue weighted by atomic mass is 35.5. The van der Waals surface area contributed by atoms with Crippen molar-refractivity contribution >= 4 is 42.7 Å². The number of aromatic nitrogens is 6. The predicted octanol–water partition coefficient (Wildman–Crippen LogP) is 9.85. The maximum atomic E-state index is 12.6. The molecule has 0 radical (unpaired) electrons. The largest absolute Gasteiger partial charge is 0.444 e. The Balaban J connectivity index is 0.000000207. The Morgan fingerprint density at radius 2 is 1.07 bits per heavy atom. The number of carbonyl (C=O) groups is 3. The minimum Gasteiger partial charge on any atom is -0.444 e. The van der Waals surface area contributed by atoms with Gasteiger partial charge in [0.15, 0.2) is 0 Å². The molecule has 6 heterocycles. The summed E-state index contributed by atoms with van der Waals surface area (Å²) in [6, 6.07) is 16.7. The van der Waals surface area contributed by atoms with Crippen molar-refractivity contribution in [3.63, 3.8) is 0 Å². The van der Waals surface area contributed by atoms with Gasteiger partial charge in [0.25, 0.3) is 11.8 Å². The molecule has 10 rings (SSSR count). The Kier molecular flexibility index (Phi) is 17.4. The van der Waals surface area contributed by atoms with Crippen LogP contribution in [0.2, 0.25) is 0 Å². The molecule has 4 aromatic heterocycles. The van der Waals surface area contributed by atoms with Crippen molar-refractivity contribution < 1.29 is 19.1 Å². The Bertz CT molecular complexity index is 2780. The molecule has 0 bridgehead atoms. The highest BCUT2D eigenvalue weighted by Crippen LogP contribution is 2.30. The van der Waals surface area contributed by atoms with E-state index >= 15 is 0 Å². The molecule has 0 spiro atoms. The van der Waals surface area contributed by atoms with Crippen LogP contribution < -0.4 is 16.0 Å². The number of nitrogens with one attached hydrogen (secondary N) is 3. The van der Waals surface area contributed by atoms with Crippen molar-refractivity contribution in [1.82, 2.24) is 50.4 Å². The van der Waals surface area contributed by atoms with Crippen molar-refractivity contribution in [1.29, 1.82) is 0 Å². The zero-order chi connectivity index (χ0) is 48.1. The Hall–Kier alpha value is -6.09. The van der Waals surface area contributed by atoms with Crippen LogP contribution in [-0.4, -0.2) is 96.2 Å². The number of rotatable bonds is 12. The van der Waals surface area contributed by atoms with Crippen molar-refractivity contribution in [2.24, 2.45) is 11.8 Å². The van der Waals surface area contributed by atoms with E-state index in [4.69, 9.17) is 4.74 Å². The van der Waals surface area contributed by atoms with Crippen molar-refractivity contribution in [3.05, 3.63) is 131 Å². The lowest BCUT2D eigenvalue weighted by molar-refractivity contribution is 0.0184. The van der Waals surface area contributed by atoms with Crippen LogP contribution in [0.15, 0.2) is 98.1 Å². The van der Waals surface area contributed by atoms with Gasteiger partial charge in [0.2, 0.25) is 0 Å². The van der Waals surface area contributed by atoms with Gasteiger partial charge in [-0.05, 0) is 194 Å². The normalized spacial score (nSPS) is 16.2. The first-order valence-electron chi connectivity index (χ1n) is 24.8. The molecule has 3 N–H and O–H groups in total. The summed E-state index contributed by atoms with van der Waals surface area (Å²) in [4.78, 5) is 48.2. The number of benzene rings is 2. The van der Waals surface area contributed by atoms with E-state index in [1.54, 1.807) is 0 Å². The molecule has 376 valence electrons. The number of halogens is 2. The molecular weight excluding hydrogens is 936 g/mol. The van der Waals surface area contributed by atoms with E-state index in [0.717, 1.165) is 121 Å². The van der Waals surface area contributed by atoms with Gasteiger partial charge in [-0.2, -0.15) is 10.2 Å². The lowest BCUT2D eigenvalue weighted by atomic mass is 9.91. The van der Waals surface area contributed by atoms with Gasteiger partial charge in [0.1, 0.15) is 5.60 Å². The molecule has 71 heavy (non-hydrogen) atoms. The van der Waals surface area contributed by atoms with Crippen LogP contribution in [0.4, 0.5) is 4.79 Å². The van der Waals surface area contributed by atoms with E-state index in [0.29, 0.717) is 42.2 Å². The first-order chi connectivity index (χ1) is 33.3. The summed E-state index contributed by atoms with van der Waals surface area (Å²) in [5.41, 5.74) is 11.4. The number of hydrogen-bond donors (Lipinski definition) is 3. The van der Waals surface area contributed by atoms with E-state index in [1.807, 2.05) is 128 Å². The van der Waals surface area contributed by atoms with Gasteiger partial charge in [0.05, 0.1) is 36.2 Å². The molecule has 0 unspecified atom stereocenters. The van der Waals surface area contributed by atoms with E-state index in [9.17, 15) is 14.4 Å². The third-order valence-corrected chi connectivity index (χ3v) is 13.5. The number of aryl methyl sites for hydroxylation is 2. The summed E-state index contributed by atoms with van der Waals surface area (Å²) in [6.45, 7) is 13.4. The molecule has 16 heteroatoms. The van der Waals surface area contributed by atoms with Crippen LogP contribution >= 0.6 is 24.8 Å². The van der Waals surface area contributed by atoms with E-state index in [-0.39, 0.29) is 42.7 Å². The minimum atomic E-state index is -0.474. The summed E-state index contributed by atoms with van der Waals surface area (Å²) in [6.07, 6.45) is 25.7. The zero-order valence-electron chi connectivity index (χ0n) is 41.5. The second kappa shape index (κ2) is 23.4. The van der Waals surface area contributed by atoms with Crippen molar-refractivity contribution in [3.8, 4) is 33.6 Å². The van der Waals surface area contributed by atoms with Crippen LogP contribution in [0.25, 0.3) is 33.6 Å². The summed E-state index contributed by atoms with van der Waals surface area (Å²) in [5, 5.41) is 18.8. The summed E-state index contributed by atoms with van der Waals surface area (Å²) in [5.74, 6) is 1.20. The SMILES string of the molecule is Cc1ccc(C(=O)NC2CC2)cc1-c1cnn(-c2cncc(CC3CCN(C(=O)OC(C)(C)C)CC3)c2)c1.Cc1ccc(C(=O)NC2CC2)cc1-c1cnn(-c2cncc(CC3CCNCC3)c2)c1.Cl.Cl. The van der Waals surface area contributed by atoms with Crippen LogP contribution in [0.5, 0.6) is 0 Å². The fourth-order valence-electron chi connectivity index (χ4n) is 9.17. The number of hydrogen-bond acceptors (Lipinski definition) is 9. The van der Waals surface area contributed by atoms with E-state index < -0.39 is 5.60 Å². The third-order valence-electron chi connectivity index (χ3n) is 13.5. The van der Waals surface area contributed by atoms with Gasteiger partial charge in [-0.3, -0.25) is 19.6 Å². The van der Waals surface area contributed by atoms with Crippen molar-refractivity contribution in [2.75, 3.05) is 26.2 Å². The first-order valence-corrected chi connectivity index (χ1v) is 24.8. The number of amides is 3. The minimum absolute atomic E-state index is 0. The first kappa shape index (κ1) is 52.7. The molecule has 2 aliphatic carbocycles. The zero-order valence-corrected chi connectivity index (χ0v) is 43.2. The maximum Gasteiger partial charge on any atom is 0.410 e. The molecule has 2 aliphatic heterocycles. The van der Waals surface area contributed by atoms with Gasteiger partial charge in [-0.1, -0.05) is 12.1 Å². The average Bonchev–Trinajstić information content (AvgIpc) is 4.23. The fourth-order valence-corrected chi connectivity index (χ4v) is 9.17. The lowest BCUT2D eigenvalue weighted by Crippen LogP contribution is -2.42. The molecule has 0 atom stereocenters. The van der Waals surface area contributed by atoms with E-state index in [2.05, 4.69) is 55.2 Å². The second-order valence-electron chi connectivity index (χ2n) is 20.5. The molecule has 6 aromatic rings. The molecule has 14 nitrogen and oxygen atoms in total. The highest BCUT2D eigenvalue weighted by molar-refractivity contribution is 5.97. The van der Waals surface area contributed by atoms with Crippen molar-refractivity contribution in [2.45, 2.75) is 117 Å². The Morgan fingerprint density at radius 1 is 0.620 bits per heavy atom. The number of likely N-dealkylation sites (tertiary alicyclic amines) is 1. The smallest absolute Gasteiger partial charge is 0.410 e. The van der Waals surface area contributed by atoms with Crippen LogP contribution in [0.1, 0.15) is 115 Å². The summed E-state index contributed by atoms with van der Waals surface area (Å²) < 4.78 is 9.24. The molecule has 2 saturated heterocycles. The second-order valence-corrected chi connectivity index (χ2v) is 20.5. The van der Waals surface area contributed by atoms with E-state index in [1.165, 1.54) is 18.4 Å². The third kappa shape index (κ3) is 14.3. The fraction of sp³-hybridized carbons (Fsp3) is 0.436. The standard InChI is InChI=1S/C30H37N5O3.C25H29N5O.2ClH/c1-20-5-6-23(28(36)33-25-7-8-25)15-27(20)24-17-32-35(19-24)26-14-22(16-31-18-26)13-21-9-11-34(12-10-21)29(37)38-30(2,3)4;1-17-2-3-20(25(31)29-22-4-5-22)12-24(17)21-14-28-30(16-21)23-11-19(13-27-15-23)10-18-6-8-26-9-7-18;;/h5-6,14-19,21,25H,7-13H2,1-4H3,(H,33,36);2-3,11-16,18,22,26H,4-10H2,1H3,(H,29,31);2*1H.